The number of thiazole rings is 1. The summed E-state index contributed by atoms with van der Waals surface area (Å²) in [7, 11) is -3.85. The van der Waals surface area contributed by atoms with Crippen LogP contribution >= 0.6 is 22.9 Å². The molecule has 0 saturated heterocycles. The highest BCUT2D eigenvalue weighted by Crippen LogP contribution is 2.28. The van der Waals surface area contributed by atoms with Crippen molar-refractivity contribution in [1.29, 1.82) is 0 Å². The van der Waals surface area contributed by atoms with E-state index in [1.54, 1.807) is 19.1 Å². The molecule has 0 spiro atoms. The maximum atomic E-state index is 13.2. The molecule has 0 atom stereocenters. The molecule has 0 amide bonds. The van der Waals surface area contributed by atoms with Crippen LogP contribution in [-0.4, -0.2) is 13.4 Å². The second-order valence-electron chi connectivity index (χ2n) is 5.47. The van der Waals surface area contributed by atoms with Crippen LogP contribution in [0.15, 0.2) is 46.7 Å². The Morgan fingerprint density at radius 3 is 2.56 bits per heavy atom. The van der Waals surface area contributed by atoms with Gasteiger partial charge < -0.3 is 0 Å². The molecule has 8 heteroatoms. The first-order chi connectivity index (χ1) is 11.8. The lowest BCUT2D eigenvalue weighted by molar-refractivity contribution is 0.600. The summed E-state index contributed by atoms with van der Waals surface area (Å²) < 4.78 is 41.2. The molecule has 0 aliphatic heterocycles. The Labute approximate surface area is 154 Å². The van der Waals surface area contributed by atoms with Crippen LogP contribution in [0.5, 0.6) is 0 Å². The minimum Gasteiger partial charge on any atom is -0.280 e. The molecule has 3 aromatic rings. The van der Waals surface area contributed by atoms with Crippen LogP contribution in [0.25, 0.3) is 11.3 Å². The monoisotopic (exact) mass is 396 g/mol. The number of hydrogen-bond acceptors (Lipinski definition) is 4. The fraction of sp³-hybridized carbons (Fsp3) is 0.118. The van der Waals surface area contributed by atoms with Gasteiger partial charge in [0.1, 0.15) is 5.82 Å². The highest BCUT2D eigenvalue weighted by Gasteiger charge is 2.19. The van der Waals surface area contributed by atoms with Gasteiger partial charge in [-0.3, -0.25) is 4.72 Å². The predicted octanol–water partition coefficient (Wildman–Crippen LogP) is 5.02. The van der Waals surface area contributed by atoms with Crippen molar-refractivity contribution in [1.82, 2.24) is 4.98 Å². The largest absolute Gasteiger partial charge is 0.280 e. The number of halogens is 2. The molecule has 1 N–H and O–H groups in total. The topological polar surface area (TPSA) is 59.1 Å². The van der Waals surface area contributed by atoms with Crippen molar-refractivity contribution >= 4 is 38.6 Å². The molecule has 1 heterocycles. The van der Waals surface area contributed by atoms with Crippen LogP contribution in [0.3, 0.4) is 0 Å². The lowest BCUT2D eigenvalue weighted by Crippen LogP contribution is -2.14. The lowest BCUT2D eigenvalue weighted by Gasteiger charge is -2.12. The number of aryl methyl sites for hydroxylation is 2. The summed E-state index contributed by atoms with van der Waals surface area (Å²) in [5, 5.41) is 2.63. The van der Waals surface area contributed by atoms with E-state index in [1.165, 1.54) is 23.5 Å². The van der Waals surface area contributed by atoms with Gasteiger partial charge >= 0.3 is 0 Å². The van der Waals surface area contributed by atoms with Crippen molar-refractivity contribution < 1.29 is 12.8 Å². The molecule has 0 unspecified atom stereocenters. The van der Waals surface area contributed by atoms with Gasteiger partial charge in [-0.2, -0.15) is 0 Å². The molecule has 4 nitrogen and oxygen atoms in total. The molecule has 2 aromatic carbocycles. The fourth-order valence-corrected chi connectivity index (χ4v) is 4.44. The van der Waals surface area contributed by atoms with Crippen LogP contribution in [0.2, 0.25) is 5.02 Å². The molecule has 0 aliphatic rings. The summed E-state index contributed by atoms with van der Waals surface area (Å²) in [4.78, 5) is 4.52. The molecule has 1 aromatic heterocycles. The van der Waals surface area contributed by atoms with E-state index >= 15 is 0 Å². The summed E-state index contributed by atoms with van der Waals surface area (Å²) in [5.41, 5.74) is 2.23. The minimum absolute atomic E-state index is 0.135. The third-order valence-corrected chi connectivity index (χ3v) is 6.15. The summed E-state index contributed by atoms with van der Waals surface area (Å²) in [5.74, 6) is -0.610. The fourth-order valence-electron chi connectivity index (χ4n) is 2.31. The van der Waals surface area contributed by atoms with Crippen molar-refractivity contribution in [2.24, 2.45) is 0 Å². The van der Waals surface area contributed by atoms with Gasteiger partial charge in [0.2, 0.25) is 0 Å². The van der Waals surface area contributed by atoms with Gasteiger partial charge in [0, 0.05) is 10.9 Å². The number of anilines is 1. The van der Waals surface area contributed by atoms with E-state index in [9.17, 15) is 12.8 Å². The van der Waals surface area contributed by atoms with Gasteiger partial charge in [0.05, 0.1) is 26.3 Å². The molecular formula is C17H14ClFN2O2S2. The first kappa shape index (κ1) is 17.8. The van der Waals surface area contributed by atoms with Gasteiger partial charge in [-0.05, 0) is 43.7 Å². The summed E-state index contributed by atoms with van der Waals surface area (Å²) in [6, 6.07) is 8.81. The number of rotatable bonds is 4. The number of nitrogens with one attached hydrogen (secondary N) is 1. The second kappa shape index (κ2) is 6.74. The van der Waals surface area contributed by atoms with Crippen LogP contribution in [-0.2, 0) is 10.0 Å². The van der Waals surface area contributed by atoms with Gasteiger partial charge in [-0.1, -0.05) is 23.7 Å². The van der Waals surface area contributed by atoms with Crippen molar-refractivity contribution in [2.45, 2.75) is 18.7 Å². The van der Waals surface area contributed by atoms with E-state index in [1.807, 2.05) is 18.4 Å². The smallest absolute Gasteiger partial charge is 0.262 e. The summed E-state index contributed by atoms with van der Waals surface area (Å²) >= 11 is 7.21. The zero-order valence-corrected chi connectivity index (χ0v) is 15.8. The van der Waals surface area contributed by atoms with Crippen LogP contribution < -0.4 is 4.72 Å². The molecule has 130 valence electrons. The minimum atomic E-state index is -3.85. The molecule has 0 radical (unpaired) electrons. The zero-order valence-electron chi connectivity index (χ0n) is 13.4. The molecule has 0 saturated carbocycles. The molecule has 0 fully saturated rings. The molecule has 0 aliphatic carbocycles. The summed E-state index contributed by atoms with van der Waals surface area (Å²) in [6.45, 7) is 3.60. The van der Waals surface area contributed by atoms with E-state index in [0.717, 1.165) is 16.8 Å². The van der Waals surface area contributed by atoms with Crippen molar-refractivity contribution in [3.63, 3.8) is 0 Å². The van der Waals surface area contributed by atoms with E-state index in [2.05, 4.69) is 9.71 Å². The highest BCUT2D eigenvalue weighted by molar-refractivity contribution is 7.92. The van der Waals surface area contributed by atoms with E-state index < -0.39 is 15.8 Å². The number of hydrogen-bond donors (Lipinski definition) is 1. The lowest BCUT2D eigenvalue weighted by atomic mass is 10.1. The Morgan fingerprint density at radius 1 is 1.16 bits per heavy atom. The van der Waals surface area contributed by atoms with Crippen molar-refractivity contribution in [3.8, 4) is 11.3 Å². The van der Waals surface area contributed by atoms with Gasteiger partial charge in [-0.25, -0.2) is 17.8 Å². The van der Waals surface area contributed by atoms with Crippen LogP contribution in [0.1, 0.15) is 10.6 Å². The van der Waals surface area contributed by atoms with Gasteiger partial charge in [-0.15, -0.1) is 11.3 Å². The average molecular weight is 397 g/mol. The number of sulfonamides is 1. The normalized spacial score (nSPS) is 11.5. The SMILES string of the molecule is Cc1nc(-c2ccc(C)c(S(=O)(=O)Nc3ccc(F)c(Cl)c3)c2)cs1. The van der Waals surface area contributed by atoms with Gasteiger partial charge in [0.25, 0.3) is 10.0 Å². The first-order valence-electron chi connectivity index (χ1n) is 7.27. The average Bonchev–Trinajstić information content (AvgIpc) is 2.97. The molecular weight excluding hydrogens is 383 g/mol. The van der Waals surface area contributed by atoms with Gasteiger partial charge in [0.15, 0.2) is 0 Å². The van der Waals surface area contributed by atoms with Crippen molar-refractivity contribution in [3.05, 3.63) is 63.2 Å². The quantitative estimate of drug-likeness (QED) is 0.673. The Morgan fingerprint density at radius 2 is 1.92 bits per heavy atom. The molecule has 0 bridgehead atoms. The van der Waals surface area contributed by atoms with Crippen LogP contribution in [0, 0.1) is 19.7 Å². The Hall–Kier alpha value is -1.96. The predicted molar refractivity (Wildman–Crippen MR) is 99.2 cm³/mol. The molecule has 25 heavy (non-hydrogen) atoms. The number of aromatic nitrogens is 1. The Kier molecular flexibility index (Phi) is 4.81. The van der Waals surface area contributed by atoms with Crippen LogP contribution in [0.4, 0.5) is 10.1 Å². The van der Waals surface area contributed by atoms with E-state index in [4.69, 9.17) is 11.6 Å². The maximum absolute atomic E-state index is 13.2. The zero-order chi connectivity index (χ0) is 18.2. The highest BCUT2D eigenvalue weighted by atomic mass is 35.5. The molecule has 3 rings (SSSR count). The Balaban J connectivity index is 2.00. The first-order valence-corrected chi connectivity index (χ1v) is 10.0. The van der Waals surface area contributed by atoms with E-state index in [0.29, 0.717) is 11.1 Å². The Bertz CT molecular complexity index is 1050. The summed E-state index contributed by atoms with van der Waals surface area (Å²) in [6.07, 6.45) is 0. The number of nitrogens with zero attached hydrogens (tertiary/aromatic N) is 1. The maximum Gasteiger partial charge on any atom is 0.262 e. The third kappa shape index (κ3) is 3.84. The standard InChI is InChI=1S/C17H14ClFN2O2S2/c1-10-3-4-12(16-9-24-11(2)20-16)7-17(10)25(22,23)21-13-5-6-15(19)14(18)8-13/h3-9,21H,1-2H3. The van der Waals surface area contributed by atoms with E-state index in [-0.39, 0.29) is 15.6 Å². The van der Waals surface area contributed by atoms with Crippen molar-refractivity contribution in [2.75, 3.05) is 4.72 Å². The number of benzene rings is 2. The second-order valence-corrected chi connectivity index (χ2v) is 8.59. The third-order valence-electron chi connectivity index (χ3n) is 3.56.